The van der Waals surface area contributed by atoms with Crippen LogP contribution < -0.4 is 20.9 Å². The Kier molecular flexibility index (Phi) is 8.25. The molecule has 2 aromatic rings. The second kappa shape index (κ2) is 11.3. The quantitative estimate of drug-likeness (QED) is 0.562. The maximum Gasteiger partial charge on any atom is 0.251 e. The van der Waals surface area contributed by atoms with Crippen molar-refractivity contribution in [1.29, 1.82) is 0 Å². The van der Waals surface area contributed by atoms with Gasteiger partial charge in [0.05, 0.1) is 0 Å². The summed E-state index contributed by atoms with van der Waals surface area (Å²) in [5.41, 5.74) is 3.21. The van der Waals surface area contributed by atoms with Crippen molar-refractivity contribution in [2.24, 2.45) is 0 Å². The monoisotopic (exact) mass is 436 g/mol. The van der Waals surface area contributed by atoms with Gasteiger partial charge in [0.1, 0.15) is 6.04 Å². The first-order valence-corrected chi connectivity index (χ1v) is 11.3. The van der Waals surface area contributed by atoms with Crippen LogP contribution in [0.1, 0.15) is 55.5 Å². The largest absolute Gasteiger partial charge is 0.371 e. The summed E-state index contributed by atoms with van der Waals surface area (Å²) in [6.45, 7) is 5.93. The van der Waals surface area contributed by atoms with E-state index in [1.807, 2.05) is 25.1 Å². The number of hydrogen-bond acceptors (Lipinski definition) is 4. The molecule has 1 unspecified atom stereocenters. The minimum Gasteiger partial charge on any atom is -0.371 e. The lowest BCUT2D eigenvalue weighted by molar-refractivity contribution is -0.119. The van der Waals surface area contributed by atoms with Crippen LogP contribution in [-0.4, -0.2) is 36.9 Å². The predicted molar refractivity (Wildman–Crippen MR) is 127 cm³/mol. The molecule has 0 bridgehead atoms. The molecule has 3 N–H and O–H groups in total. The first kappa shape index (κ1) is 23.3. The Balaban J connectivity index is 1.61. The molecule has 0 spiro atoms. The number of carbonyl (C=O) groups is 3. The number of nitrogens with zero attached hydrogens (tertiary/aromatic N) is 1. The maximum absolute atomic E-state index is 12.9. The van der Waals surface area contributed by atoms with E-state index in [2.05, 4.69) is 26.9 Å². The third-order valence-corrected chi connectivity index (χ3v) is 5.54. The zero-order chi connectivity index (χ0) is 22.9. The average molecular weight is 437 g/mol. The van der Waals surface area contributed by atoms with Crippen molar-refractivity contribution in [3.05, 3.63) is 59.7 Å². The normalized spacial score (nSPS) is 14.0. The smallest absolute Gasteiger partial charge is 0.251 e. The molecule has 0 aromatic heterocycles. The van der Waals surface area contributed by atoms with Crippen LogP contribution in [-0.2, 0) is 16.1 Å². The van der Waals surface area contributed by atoms with Gasteiger partial charge in [-0.05, 0) is 55.2 Å². The van der Waals surface area contributed by atoms with E-state index in [4.69, 9.17) is 0 Å². The molecule has 7 nitrogen and oxygen atoms in total. The lowest BCUT2D eigenvalue weighted by Crippen LogP contribution is -2.43. The Labute approximate surface area is 189 Å². The van der Waals surface area contributed by atoms with E-state index in [9.17, 15) is 14.4 Å². The van der Waals surface area contributed by atoms with Gasteiger partial charge >= 0.3 is 0 Å². The second-order valence-corrected chi connectivity index (χ2v) is 8.16. The van der Waals surface area contributed by atoms with Crippen LogP contribution in [0.2, 0.25) is 0 Å². The highest BCUT2D eigenvalue weighted by atomic mass is 16.2. The van der Waals surface area contributed by atoms with Crippen LogP contribution in [0.4, 0.5) is 11.4 Å². The molecule has 0 saturated carbocycles. The number of rotatable bonds is 9. The molecule has 1 aliphatic heterocycles. The molecule has 0 aliphatic carbocycles. The average Bonchev–Trinajstić information content (AvgIpc) is 3.33. The molecule has 2 aromatic carbocycles. The van der Waals surface area contributed by atoms with E-state index in [1.54, 1.807) is 24.3 Å². The highest BCUT2D eigenvalue weighted by molar-refractivity contribution is 6.01. The highest BCUT2D eigenvalue weighted by Gasteiger charge is 2.21. The molecule has 1 heterocycles. The number of benzene rings is 2. The Morgan fingerprint density at radius 2 is 1.75 bits per heavy atom. The summed E-state index contributed by atoms with van der Waals surface area (Å²) < 4.78 is 0. The van der Waals surface area contributed by atoms with Crippen LogP contribution in [0.5, 0.6) is 0 Å². The number of hydrogen-bond donors (Lipinski definition) is 3. The van der Waals surface area contributed by atoms with Gasteiger partial charge in [0.15, 0.2) is 0 Å². The van der Waals surface area contributed by atoms with Gasteiger partial charge in [0.2, 0.25) is 11.8 Å². The van der Waals surface area contributed by atoms with E-state index < -0.39 is 6.04 Å². The standard InChI is InChI=1S/C25H32N4O3/c1-3-7-23(28-24(31)20-12-10-19(11-13-20)17-26-18(2)30)25(32)27-21-8-6-9-22(16-21)29-14-4-5-15-29/h6,8-13,16,23H,3-5,7,14-15,17H2,1-2H3,(H,26,30)(H,27,32)(H,28,31). The molecule has 0 radical (unpaired) electrons. The first-order chi connectivity index (χ1) is 15.5. The predicted octanol–water partition coefficient (Wildman–Crippen LogP) is 3.46. The molecule has 170 valence electrons. The zero-order valence-corrected chi connectivity index (χ0v) is 18.8. The molecular weight excluding hydrogens is 404 g/mol. The Morgan fingerprint density at radius 1 is 1.03 bits per heavy atom. The van der Waals surface area contributed by atoms with E-state index in [-0.39, 0.29) is 17.7 Å². The molecular formula is C25H32N4O3. The van der Waals surface area contributed by atoms with Gasteiger partial charge in [-0.25, -0.2) is 0 Å². The van der Waals surface area contributed by atoms with Gasteiger partial charge in [-0.1, -0.05) is 31.5 Å². The highest BCUT2D eigenvalue weighted by Crippen LogP contribution is 2.23. The molecule has 32 heavy (non-hydrogen) atoms. The summed E-state index contributed by atoms with van der Waals surface area (Å²) in [7, 11) is 0. The van der Waals surface area contributed by atoms with Crippen LogP contribution in [0.25, 0.3) is 0 Å². The molecule has 1 fully saturated rings. The number of anilines is 2. The van der Waals surface area contributed by atoms with Crippen molar-refractivity contribution in [2.75, 3.05) is 23.3 Å². The van der Waals surface area contributed by atoms with Crippen molar-refractivity contribution < 1.29 is 14.4 Å². The molecule has 1 atom stereocenters. The summed E-state index contributed by atoms with van der Waals surface area (Å²) >= 11 is 0. The number of carbonyl (C=O) groups excluding carboxylic acids is 3. The summed E-state index contributed by atoms with van der Waals surface area (Å²) in [6.07, 6.45) is 3.69. The van der Waals surface area contributed by atoms with Crippen molar-refractivity contribution in [3.63, 3.8) is 0 Å². The Bertz CT molecular complexity index is 936. The van der Waals surface area contributed by atoms with Gasteiger partial charge in [-0.15, -0.1) is 0 Å². The van der Waals surface area contributed by atoms with Gasteiger partial charge in [-0.3, -0.25) is 14.4 Å². The van der Waals surface area contributed by atoms with Gasteiger partial charge in [-0.2, -0.15) is 0 Å². The Morgan fingerprint density at radius 3 is 2.41 bits per heavy atom. The van der Waals surface area contributed by atoms with Crippen LogP contribution in [0.15, 0.2) is 48.5 Å². The van der Waals surface area contributed by atoms with E-state index >= 15 is 0 Å². The van der Waals surface area contributed by atoms with E-state index in [0.717, 1.165) is 36.4 Å². The zero-order valence-electron chi connectivity index (χ0n) is 18.8. The molecule has 1 saturated heterocycles. The minimum absolute atomic E-state index is 0.105. The number of amides is 3. The van der Waals surface area contributed by atoms with E-state index in [0.29, 0.717) is 18.5 Å². The van der Waals surface area contributed by atoms with Crippen LogP contribution >= 0.6 is 0 Å². The Hall–Kier alpha value is -3.35. The fraction of sp³-hybridized carbons (Fsp3) is 0.400. The minimum atomic E-state index is -0.623. The molecule has 7 heteroatoms. The van der Waals surface area contributed by atoms with Crippen molar-refractivity contribution >= 4 is 29.1 Å². The SMILES string of the molecule is CCCC(NC(=O)c1ccc(CNC(C)=O)cc1)C(=O)Nc1cccc(N2CCCC2)c1. The topological polar surface area (TPSA) is 90.5 Å². The van der Waals surface area contributed by atoms with Crippen molar-refractivity contribution in [2.45, 2.75) is 52.1 Å². The number of nitrogens with one attached hydrogen (secondary N) is 3. The summed E-state index contributed by atoms with van der Waals surface area (Å²) in [5, 5.41) is 8.55. The van der Waals surface area contributed by atoms with Crippen molar-refractivity contribution in [1.82, 2.24) is 10.6 Å². The molecule has 3 amide bonds. The van der Waals surface area contributed by atoms with Gasteiger partial charge in [0, 0.05) is 43.5 Å². The summed E-state index contributed by atoms with van der Waals surface area (Å²) in [4.78, 5) is 39.0. The third-order valence-electron chi connectivity index (χ3n) is 5.54. The lowest BCUT2D eigenvalue weighted by Gasteiger charge is -2.20. The molecule has 1 aliphatic rings. The second-order valence-electron chi connectivity index (χ2n) is 8.16. The first-order valence-electron chi connectivity index (χ1n) is 11.3. The summed E-state index contributed by atoms with van der Waals surface area (Å²) in [5.74, 6) is -0.622. The molecule has 3 rings (SSSR count). The fourth-order valence-corrected chi connectivity index (χ4v) is 3.78. The van der Waals surface area contributed by atoms with Crippen LogP contribution in [0.3, 0.4) is 0 Å². The maximum atomic E-state index is 12.9. The van der Waals surface area contributed by atoms with E-state index in [1.165, 1.54) is 19.8 Å². The van der Waals surface area contributed by atoms with Gasteiger partial charge < -0.3 is 20.9 Å². The van der Waals surface area contributed by atoms with Crippen molar-refractivity contribution in [3.8, 4) is 0 Å². The fourth-order valence-electron chi connectivity index (χ4n) is 3.78. The lowest BCUT2D eigenvalue weighted by atomic mass is 10.1. The summed E-state index contributed by atoms with van der Waals surface area (Å²) in [6, 6.07) is 14.2. The van der Waals surface area contributed by atoms with Crippen LogP contribution in [0, 0.1) is 0 Å². The third kappa shape index (κ3) is 6.57. The van der Waals surface area contributed by atoms with Gasteiger partial charge in [0.25, 0.3) is 5.91 Å².